The molecule has 168 valence electrons. The Labute approximate surface area is 175 Å². The maximum Gasteiger partial charge on any atom is 0.430 e. The van der Waals surface area contributed by atoms with E-state index in [0.717, 1.165) is 18.3 Å². The average molecular weight is 441 g/mol. The van der Waals surface area contributed by atoms with E-state index in [1.807, 2.05) is 0 Å². The maximum atomic E-state index is 13.4. The summed E-state index contributed by atoms with van der Waals surface area (Å²) in [5, 5.41) is 21.9. The van der Waals surface area contributed by atoms with Crippen molar-refractivity contribution in [2.75, 3.05) is 12.3 Å². The summed E-state index contributed by atoms with van der Waals surface area (Å²) >= 11 is 0. The van der Waals surface area contributed by atoms with E-state index in [1.54, 1.807) is 20.8 Å². The number of carbonyl (C=O) groups excluding carboxylic acids is 2. The van der Waals surface area contributed by atoms with Gasteiger partial charge in [-0.1, -0.05) is 12.1 Å². The third-order valence-corrected chi connectivity index (χ3v) is 4.56. The van der Waals surface area contributed by atoms with Crippen molar-refractivity contribution >= 4 is 17.6 Å². The van der Waals surface area contributed by atoms with Crippen molar-refractivity contribution in [3.63, 3.8) is 0 Å². The number of aromatic nitrogens is 2. The predicted molar refractivity (Wildman–Crippen MR) is 104 cm³/mol. The van der Waals surface area contributed by atoms with Crippen molar-refractivity contribution in [2.45, 2.75) is 38.1 Å². The van der Waals surface area contributed by atoms with E-state index in [2.05, 4.69) is 15.3 Å². The summed E-state index contributed by atoms with van der Waals surface area (Å²) in [7, 11) is 0. The Bertz CT molecular complexity index is 1030. The zero-order chi connectivity index (χ0) is 23.8. The number of halogens is 3. The van der Waals surface area contributed by atoms with Gasteiger partial charge in [0.05, 0.1) is 24.0 Å². The molecule has 1 unspecified atom stereocenters. The molecule has 1 aromatic heterocycles. The Morgan fingerprint density at radius 3 is 2.35 bits per heavy atom. The summed E-state index contributed by atoms with van der Waals surface area (Å²) in [6.45, 7) is 4.26. The van der Waals surface area contributed by atoms with Crippen LogP contribution >= 0.6 is 0 Å². The highest BCUT2D eigenvalue weighted by atomic mass is 19.4. The van der Waals surface area contributed by atoms with Gasteiger partial charge in [-0.3, -0.25) is 9.59 Å². The lowest BCUT2D eigenvalue weighted by molar-refractivity contribution is -0.255. The van der Waals surface area contributed by atoms with Crippen molar-refractivity contribution in [2.24, 2.45) is 5.73 Å². The van der Waals surface area contributed by atoms with Crippen molar-refractivity contribution in [1.29, 1.82) is 0 Å². The highest BCUT2D eigenvalue weighted by Crippen LogP contribution is 2.40. The summed E-state index contributed by atoms with van der Waals surface area (Å²) in [5.41, 5.74) is 4.94. The molecule has 7 N–H and O–H groups in total. The molecule has 9 nitrogen and oxygen atoms in total. The van der Waals surface area contributed by atoms with E-state index in [-0.39, 0.29) is 29.4 Å². The molecule has 2 rings (SSSR count). The third-order valence-electron chi connectivity index (χ3n) is 4.56. The van der Waals surface area contributed by atoms with Gasteiger partial charge in [0, 0.05) is 11.1 Å². The molecule has 2 amide bonds. The minimum Gasteiger partial charge on any atom is -0.394 e. The van der Waals surface area contributed by atoms with E-state index in [9.17, 15) is 33.0 Å². The first-order valence-corrected chi connectivity index (χ1v) is 8.90. The lowest BCUT2D eigenvalue weighted by atomic mass is 9.89. The number of alkyl halides is 3. The van der Waals surface area contributed by atoms with Crippen LogP contribution in [0.1, 0.15) is 35.5 Å². The zero-order valence-electron chi connectivity index (χ0n) is 16.9. The van der Waals surface area contributed by atoms with E-state index in [1.165, 1.54) is 6.07 Å². The normalized spacial score (nSPS) is 14.1. The van der Waals surface area contributed by atoms with Gasteiger partial charge < -0.3 is 27.0 Å². The Kier molecular flexibility index (Phi) is 6.29. The predicted octanol–water partition coefficient (Wildman–Crippen LogP) is 0.770. The molecule has 0 saturated heterocycles. The van der Waals surface area contributed by atoms with Crippen LogP contribution in [-0.2, 0) is 10.4 Å². The Morgan fingerprint density at radius 2 is 1.84 bits per heavy atom. The molecule has 0 aliphatic heterocycles. The summed E-state index contributed by atoms with van der Waals surface area (Å²) in [6, 6.07) is 3.04. The number of nitrogens with two attached hydrogens (primary N) is 2. The number of amides is 2. The van der Waals surface area contributed by atoms with Crippen LogP contribution in [0.15, 0.2) is 24.4 Å². The molecule has 0 aliphatic carbocycles. The van der Waals surface area contributed by atoms with Gasteiger partial charge in [-0.05, 0) is 32.4 Å². The van der Waals surface area contributed by atoms with Gasteiger partial charge >= 0.3 is 6.18 Å². The fraction of sp³-hybridized carbons (Fsp3) is 0.368. The number of anilines is 1. The first kappa shape index (κ1) is 24.0. The standard InChI is InChI=1S/C19H22F3N5O4/c1-9-4-5-10(18(31,16(24)30)19(20,21)22)6-11(9)12-7-25-14(23)13(26-12)15(29)27-17(2,3)8-28/h4-7,28,31H,8H2,1-3H3,(H2,23,25)(H2,24,30)(H,27,29). The molecule has 1 heterocycles. The van der Waals surface area contributed by atoms with Gasteiger partial charge in [0.1, 0.15) is 0 Å². The molecule has 0 spiro atoms. The number of nitrogen functional groups attached to an aromatic ring is 1. The number of primary amides is 1. The maximum absolute atomic E-state index is 13.4. The molecule has 0 saturated carbocycles. The molecule has 1 aromatic carbocycles. The number of aliphatic hydroxyl groups excluding tert-OH is 1. The first-order chi connectivity index (χ1) is 14.1. The van der Waals surface area contributed by atoms with Crippen LogP contribution in [0, 0.1) is 6.92 Å². The molecule has 2 aromatic rings. The van der Waals surface area contributed by atoms with Crippen LogP contribution in [0.25, 0.3) is 11.3 Å². The quantitative estimate of drug-likeness (QED) is 0.442. The Balaban J connectivity index is 2.61. The van der Waals surface area contributed by atoms with Gasteiger partial charge in [-0.2, -0.15) is 13.2 Å². The lowest BCUT2D eigenvalue weighted by Crippen LogP contribution is -2.52. The van der Waals surface area contributed by atoms with Crippen molar-refractivity contribution in [3.05, 3.63) is 41.2 Å². The van der Waals surface area contributed by atoms with Crippen LogP contribution in [0.5, 0.6) is 0 Å². The number of rotatable bonds is 6. The molecule has 1 atom stereocenters. The zero-order valence-corrected chi connectivity index (χ0v) is 16.9. The molecule has 0 radical (unpaired) electrons. The number of hydrogen-bond donors (Lipinski definition) is 5. The molecular formula is C19H22F3N5O4. The Hall–Kier alpha value is -3.25. The highest BCUT2D eigenvalue weighted by molar-refractivity contribution is 5.97. The number of carbonyl (C=O) groups is 2. The number of hydrogen-bond acceptors (Lipinski definition) is 7. The smallest absolute Gasteiger partial charge is 0.394 e. The van der Waals surface area contributed by atoms with E-state index >= 15 is 0 Å². The fourth-order valence-corrected chi connectivity index (χ4v) is 2.67. The SMILES string of the molecule is Cc1ccc(C(O)(C(N)=O)C(F)(F)F)cc1-c1cnc(N)c(C(=O)NC(C)(C)CO)n1. The Morgan fingerprint density at radius 1 is 1.23 bits per heavy atom. The topological polar surface area (TPSA) is 164 Å². The largest absolute Gasteiger partial charge is 0.430 e. The number of nitrogens with zero attached hydrogens (tertiary/aromatic N) is 2. The van der Waals surface area contributed by atoms with Crippen molar-refractivity contribution < 1.29 is 33.0 Å². The average Bonchev–Trinajstić information content (AvgIpc) is 2.66. The minimum atomic E-state index is -5.38. The highest BCUT2D eigenvalue weighted by Gasteiger charge is 2.60. The van der Waals surface area contributed by atoms with Crippen LogP contribution in [-0.4, -0.2) is 50.3 Å². The van der Waals surface area contributed by atoms with Crippen LogP contribution in [0.3, 0.4) is 0 Å². The van der Waals surface area contributed by atoms with Gasteiger partial charge in [0.15, 0.2) is 11.5 Å². The summed E-state index contributed by atoms with van der Waals surface area (Å²) in [5.74, 6) is -3.00. The summed E-state index contributed by atoms with van der Waals surface area (Å²) < 4.78 is 40.3. The van der Waals surface area contributed by atoms with Crippen molar-refractivity contribution in [1.82, 2.24) is 15.3 Å². The van der Waals surface area contributed by atoms with Gasteiger partial charge in [0.25, 0.3) is 17.4 Å². The monoisotopic (exact) mass is 441 g/mol. The van der Waals surface area contributed by atoms with E-state index in [0.29, 0.717) is 5.56 Å². The second-order valence-electron chi connectivity index (χ2n) is 7.59. The molecule has 31 heavy (non-hydrogen) atoms. The third kappa shape index (κ3) is 4.59. The molecule has 0 bridgehead atoms. The molecular weight excluding hydrogens is 419 g/mol. The number of nitrogens with one attached hydrogen (secondary N) is 1. The van der Waals surface area contributed by atoms with E-state index in [4.69, 9.17) is 11.5 Å². The number of benzene rings is 1. The van der Waals surface area contributed by atoms with Gasteiger partial charge in [-0.15, -0.1) is 0 Å². The minimum absolute atomic E-state index is 0.0329. The summed E-state index contributed by atoms with van der Waals surface area (Å²) in [6.07, 6.45) is -4.24. The molecule has 12 heteroatoms. The second kappa shape index (κ2) is 8.12. The van der Waals surface area contributed by atoms with Crippen molar-refractivity contribution in [3.8, 4) is 11.3 Å². The van der Waals surface area contributed by atoms with E-state index < -0.39 is 34.7 Å². The number of aryl methyl sites for hydroxylation is 1. The number of aliphatic hydroxyl groups is 2. The first-order valence-electron chi connectivity index (χ1n) is 8.90. The second-order valence-corrected chi connectivity index (χ2v) is 7.59. The van der Waals surface area contributed by atoms with Gasteiger partial charge in [-0.25, -0.2) is 9.97 Å². The van der Waals surface area contributed by atoms with Crippen LogP contribution < -0.4 is 16.8 Å². The summed E-state index contributed by atoms with van der Waals surface area (Å²) in [4.78, 5) is 31.9. The molecule has 0 fully saturated rings. The van der Waals surface area contributed by atoms with Crippen LogP contribution in [0.2, 0.25) is 0 Å². The van der Waals surface area contributed by atoms with Gasteiger partial charge in [0.2, 0.25) is 0 Å². The fourth-order valence-electron chi connectivity index (χ4n) is 2.67. The van der Waals surface area contributed by atoms with Crippen LogP contribution in [0.4, 0.5) is 19.0 Å². The molecule has 0 aliphatic rings. The lowest BCUT2D eigenvalue weighted by Gasteiger charge is -2.28.